The van der Waals surface area contributed by atoms with E-state index in [9.17, 15) is 19.2 Å². The van der Waals surface area contributed by atoms with Crippen LogP contribution in [0.2, 0.25) is 0 Å². The summed E-state index contributed by atoms with van der Waals surface area (Å²) in [5.41, 5.74) is 10.5. The molecule has 0 radical (unpaired) electrons. The van der Waals surface area contributed by atoms with Crippen molar-refractivity contribution in [3.63, 3.8) is 0 Å². The molecule has 126 valence electrons. The first-order valence-electron chi connectivity index (χ1n) is 6.84. The number of Topliss-reactive ketones (excluding diaryl/α,β-unsaturated/α-hetero) is 1. The average molecular weight is 316 g/mol. The van der Waals surface area contributed by atoms with Crippen LogP contribution in [0.1, 0.15) is 13.8 Å². The smallest absolute Gasteiger partial charge is 0.319 e. The molecule has 0 saturated carbocycles. The molecule has 0 rings (SSSR count). The fourth-order valence-corrected chi connectivity index (χ4v) is 1.25. The second-order valence-electron chi connectivity index (χ2n) is 5.08. The number of ether oxygens (including phenoxy) is 1. The maximum absolute atomic E-state index is 11.8. The number of rotatable bonds is 9. The first-order valence-corrected chi connectivity index (χ1v) is 6.84. The van der Waals surface area contributed by atoms with Crippen molar-refractivity contribution in [2.75, 3.05) is 33.3 Å². The molecule has 9 nitrogen and oxygen atoms in total. The number of likely N-dealkylation sites (N-methyl/N-ethyl adjacent to an activating group) is 1. The number of carbonyl (C=O) groups excluding carboxylic acids is 4. The van der Waals surface area contributed by atoms with Gasteiger partial charge in [-0.25, -0.2) is 0 Å². The number of nitrogens with one attached hydrogen (secondary N) is 1. The van der Waals surface area contributed by atoms with Crippen molar-refractivity contribution in [2.24, 2.45) is 17.4 Å². The van der Waals surface area contributed by atoms with Crippen molar-refractivity contribution >= 4 is 23.6 Å². The van der Waals surface area contributed by atoms with Crippen LogP contribution in [0.5, 0.6) is 0 Å². The van der Waals surface area contributed by atoms with Crippen LogP contribution in [0, 0.1) is 5.92 Å². The van der Waals surface area contributed by atoms with E-state index in [1.807, 2.05) is 0 Å². The van der Waals surface area contributed by atoms with Crippen LogP contribution in [0.15, 0.2) is 0 Å². The highest BCUT2D eigenvalue weighted by Gasteiger charge is 2.19. The largest absolute Gasteiger partial charge is 0.463 e. The number of esters is 1. The molecule has 0 heterocycles. The normalized spacial score (nSPS) is 11.7. The predicted molar refractivity (Wildman–Crippen MR) is 78.5 cm³/mol. The second kappa shape index (κ2) is 9.85. The van der Waals surface area contributed by atoms with Crippen LogP contribution in [-0.2, 0) is 23.9 Å². The molecule has 22 heavy (non-hydrogen) atoms. The maximum Gasteiger partial charge on any atom is 0.319 e. The second-order valence-corrected chi connectivity index (χ2v) is 5.08. The molecule has 0 aromatic rings. The Morgan fingerprint density at radius 1 is 1.23 bits per heavy atom. The maximum atomic E-state index is 11.8. The molecule has 1 atom stereocenters. The minimum atomic E-state index is -1.09. The number of carbonyl (C=O) groups is 4. The summed E-state index contributed by atoms with van der Waals surface area (Å²) in [6.45, 7) is 2.54. The van der Waals surface area contributed by atoms with E-state index >= 15 is 0 Å². The fraction of sp³-hybridized carbons (Fsp3) is 0.692. The molecule has 0 fully saturated rings. The average Bonchev–Trinajstić information content (AvgIpc) is 2.48. The number of ketones is 1. The Kier molecular flexibility index (Phi) is 8.95. The van der Waals surface area contributed by atoms with E-state index in [0.29, 0.717) is 0 Å². The van der Waals surface area contributed by atoms with Gasteiger partial charge in [-0.15, -0.1) is 0 Å². The third kappa shape index (κ3) is 7.70. The summed E-state index contributed by atoms with van der Waals surface area (Å²) in [5, 5.41) is 2.32. The van der Waals surface area contributed by atoms with E-state index in [1.54, 1.807) is 13.8 Å². The Morgan fingerprint density at radius 2 is 1.82 bits per heavy atom. The number of hydrogen-bond acceptors (Lipinski definition) is 7. The third-order valence-corrected chi connectivity index (χ3v) is 2.80. The predicted octanol–water partition coefficient (Wildman–Crippen LogP) is -2.38. The van der Waals surface area contributed by atoms with Crippen molar-refractivity contribution in [1.29, 1.82) is 0 Å². The number of amides is 2. The molecule has 0 unspecified atom stereocenters. The van der Waals surface area contributed by atoms with Gasteiger partial charge in [0.2, 0.25) is 11.8 Å². The van der Waals surface area contributed by atoms with E-state index in [1.165, 1.54) is 11.9 Å². The third-order valence-electron chi connectivity index (χ3n) is 2.80. The van der Waals surface area contributed by atoms with E-state index in [-0.39, 0.29) is 37.9 Å². The van der Waals surface area contributed by atoms with Crippen molar-refractivity contribution < 1.29 is 23.9 Å². The van der Waals surface area contributed by atoms with Crippen molar-refractivity contribution in [2.45, 2.75) is 19.9 Å². The molecular weight excluding hydrogens is 292 g/mol. The van der Waals surface area contributed by atoms with Crippen LogP contribution in [-0.4, -0.2) is 67.8 Å². The lowest BCUT2D eigenvalue weighted by Gasteiger charge is -2.18. The van der Waals surface area contributed by atoms with Gasteiger partial charge in [0.25, 0.3) is 0 Å². The first kappa shape index (κ1) is 20.0. The summed E-state index contributed by atoms with van der Waals surface area (Å²) >= 11 is 0. The topological polar surface area (TPSA) is 145 Å². The number of nitrogens with two attached hydrogens (primary N) is 2. The Balaban J connectivity index is 4.14. The van der Waals surface area contributed by atoms with E-state index < -0.39 is 23.8 Å². The highest BCUT2D eigenvalue weighted by atomic mass is 16.5. The van der Waals surface area contributed by atoms with E-state index in [0.717, 1.165) is 0 Å². The lowest BCUT2D eigenvalue weighted by atomic mass is 10.1. The molecule has 0 aromatic carbocycles. The van der Waals surface area contributed by atoms with E-state index in [4.69, 9.17) is 11.5 Å². The molecule has 0 bridgehead atoms. The molecule has 0 aliphatic heterocycles. The van der Waals surface area contributed by atoms with Gasteiger partial charge in [0.15, 0.2) is 5.78 Å². The molecule has 5 N–H and O–H groups in total. The van der Waals surface area contributed by atoms with Gasteiger partial charge in [0.05, 0.1) is 19.6 Å². The summed E-state index contributed by atoms with van der Waals surface area (Å²) in [6, 6.07) is -1.09. The van der Waals surface area contributed by atoms with Crippen molar-refractivity contribution in [1.82, 2.24) is 10.2 Å². The molecule has 2 amide bonds. The molecule has 0 aliphatic carbocycles. The molecule has 0 spiro atoms. The molecular formula is C13H24N4O5. The quantitative estimate of drug-likeness (QED) is 0.402. The van der Waals surface area contributed by atoms with Gasteiger partial charge in [-0.1, -0.05) is 13.8 Å². The Morgan fingerprint density at radius 3 is 2.32 bits per heavy atom. The Bertz CT molecular complexity index is 425. The fourth-order valence-electron chi connectivity index (χ4n) is 1.25. The standard InChI is InChI=1S/C13H24N4O5/c1-8(2)10(18)6-17(3)11(19)5-16-13(21)9(15)7-22-12(20)4-14/h8-9H,4-7,14-15H2,1-3H3,(H,16,21)/t9-/m0/s1. The first-order chi connectivity index (χ1) is 10.2. The lowest BCUT2D eigenvalue weighted by molar-refractivity contribution is -0.143. The van der Waals surface area contributed by atoms with Gasteiger partial charge >= 0.3 is 5.97 Å². The SMILES string of the molecule is CC(C)C(=O)CN(C)C(=O)CNC(=O)[C@@H](N)COC(=O)CN. The zero-order valence-corrected chi connectivity index (χ0v) is 13.1. The number of hydrogen-bond donors (Lipinski definition) is 3. The molecule has 0 aliphatic rings. The zero-order chi connectivity index (χ0) is 17.3. The number of nitrogens with zero attached hydrogens (tertiary/aromatic N) is 1. The van der Waals surface area contributed by atoms with Gasteiger partial charge < -0.3 is 26.4 Å². The van der Waals surface area contributed by atoms with Crippen LogP contribution in [0.4, 0.5) is 0 Å². The summed E-state index contributed by atoms with van der Waals surface area (Å²) in [7, 11) is 1.47. The van der Waals surface area contributed by atoms with Gasteiger partial charge in [0, 0.05) is 13.0 Å². The van der Waals surface area contributed by atoms with Crippen LogP contribution >= 0.6 is 0 Å². The van der Waals surface area contributed by atoms with Crippen LogP contribution < -0.4 is 16.8 Å². The van der Waals surface area contributed by atoms with Crippen LogP contribution in [0.25, 0.3) is 0 Å². The zero-order valence-electron chi connectivity index (χ0n) is 13.1. The van der Waals surface area contributed by atoms with Crippen LogP contribution in [0.3, 0.4) is 0 Å². The highest BCUT2D eigenvalue weighted by molar-refractivity contribution is 5.90. The summed E-state index contributed by atoms with van der Waals surface area (Å²) in [5.74, 6) is -1.98. The van der Waals surface area contributed by atoms with Gasteiger partial charge in [0.1, 0.15) is 12.6 Å². The van der Waals surface area contributed by atoms with Gasteiger partial charge in [-0.3, -0.25) is 19.2 Å². The Hall–Kier alpha value is -2.00. The summed E-state index contributed by atoms with van der Waals surface area (Å²) < 4.78 is 4.62. The van der Waals surface area contributed by atoms with E-state index in [2.05, 4.69) is 10.1 Å². The molecule has 9 heteroatoms. The summed E-state index contributed by atoms with van der Waals surface area (Å²) in [6.07, 6.45) is 0. The van der Waals surface area contributed by atoms with Crippen molar-refractivity contribution in [3.05, 3.63) is 0 Å². The Labute approximate surface area is 129 Å². The molecule has 0 aromatic heterocycles. The monoisotopic (exact) mass is 316 g/mol. The van der Waals surface area contributed by atoms with Gasteiger partial charge in [-0.05, 0) is 0 Å². The van der Waals surface area contributed by atoms with Gasteiger partial charge in [-0.2, -0.15) is 0 Å². The minimum absolute atomic E-state index is 0.0213. The highest BCUT2D eigenvalue weighted by Crippen LogP contribution is 1.96. The molecule has 0 saturated heterocycles. The van der Waals surface area contributed by atoms with Crippen molar-refractivity contribution in [3.8, 4) is 0 Å². The minimum Gasteiger partial charge on any atom is -0.463 e. The lowest BCUT2D eigenvalue weighted by Crippen LogP contribution is -2.48. The summed E-state index contributed by atoms with van der Waals surface area (Å²) in [4.78, 5) is 46.9.